The number of nitro groups is 1. The molecule has 4 rings (SSSR count). The number of aryl methyl sites for hydroxylation is 1. The lowest BCUT2D eigenvalue weighted by Crippen LogP contribution is -2.20. The minimum atomic E-state index is -0.460. The molecule has 0 saturated heterocycles. The number of rotatable bonds is 5. The second-order valence-electron chi connectivity index (χ2n) is 7.38. The topological polar surface area (TPSA) is 97.5 Å². The summed E-state index contributed by atoms with van der Waals surface area (Å²) in [5.41, 5.74) is 7.75. The van der Waals surface area contributed by atoms with Crippen LogP contribution in [0.1, 0.15) is 28.4 Å². The molecule has 158 valence electrons. The first kappa shape index (κ1) is 20.9. The maximum atomic E-state index is 13.0. The van der Waals surface area contributed by atoms with Gasteiger partial charge in [-0.2, -0.15) is 5.10 Å². The van der Waals surface area contributed by atoms with Gasteiger partial charge in [-0.25, -0.2) is 10.4 Å². The Morgan fingerprint density at radius 1 is 1.00 bits per heavy atom. The van der Waals surface area contributed by atoms with Crippen LogP contribution >= 0.6 is 0 Å². The van der Waals surface area contributed by atoms with Gasteiger partial charge in [0.05, 0.1) is 27.4 Å². The van der Waals surface area contributed by atoms with Crippen molar-refractivity contribution in [1.82, 2.24) is 10.4 Å². The number of benzene rings is 3. The van der Waals surface area contributed by atoms with Crippen molar-refractivity contribution in [3.63, 3.8) is 0 Å². The first-order valence-corrected chi connectivity index (χ1v) is 9.98. The van der Waals surface area contributed by atoms with Gasteiger partial charge in [0.1, 0.15) is 0 Å². The van der Waals surface area contributed by atoms with E-state index in [9.17, 15) is 14.9 Å². The Morgan fingerprint density at radius 3 is 2.38 bits per heavy atom. The lowest BCUT2D eigenvalue weighted by molar-refractivity contribution is -0.384. The van der Waals surface area contributed by atoms with E-state index in [2.05, 4.69) is 10.5 Å². The highest BCUT2D eigenvalue weighted by Crippen LogP contribution is 2.25. The molecular weight excluding hydrogens is 404 g/mol. The summed E-state index contributed by atoms with van der Waals surface area (Å²) in [7, 11) is 0. The molecule has 0 bridgehead atoms. The zero-order valence-corrected chi connectivity index (χ0v) is 17.6. The SMILES string of the molecule is CC(=NNC(=O)c1cc(-c2ccc(C)cc2)nc2ccccc12)c1ccc([N+](=O)[O-])cc1. The average molecular weight is 424 g/mol. The van der Waals surface area contributed by atoms with Gasteiger partial charge in [0, 0.05) is 23.1 Å². The van der Waals surface area contributed by atoms with Crippen LogP contribution in [0.5, 0.6) is 0 Å². The monoisotopic (exact) mass is 424 g/mol. The minimum Gasteiger partial charge on any atom is -0.267 e. The van der Waals surface area contributed by atoms with Crippen LogP contribution in [0.15, 0.2) is 84.0 Å². The number of hydrazone groups is 1. The number of fused-ring (bicyclic) bond motifs is 1. The molecule has 0 aliphatic heterocycles. The van der Waals surface area contributed by atoms with Gasteiger partial charge in [0.25, 0.3) is 11.6 Å². The van der Waals surface area contributed by atoms with Gasteiger partial charge >= 0.3 is 0 Å². The summed E-state index contributed by atoms with van der Waals surface area (Å²) in [5, 5.41) is 15.7. The van der Waals surface area contributed by atoms with Crippen LogP contribution < -0.4 is 5.43 Å². The molecule has 4 aromatic rings. The van der Waals surface area contributed by atoms with Crippen molar-refractivity contribution in [3.05, 3.63) is 106 Å². The van der Waals surface area contributed by atoms with Gasteiger partial charge in [0.2, 0.25) is 0 Å². The normalized spacial score (nSPS) is 11.4. The van der Waals surface area contributed by atoms with E-state index >= 15 is 0 Å². The first-order valence-electron chi connectivity index (χ1n) is 9.98. The van der Waals surface area contributed by atoms with Gasteiger partial charge in [-0.3, -0.25) is 14.9 Å². The second kappa shape index (κ2) is 8.77. The molecule has 3 aromatic carbocycles. The Balaban J connectivity index is 1.66. The van der Waals surface area contributed by atoms with Gasteiger partial charge in [-0.1, -0.05) is 48.0 Å². The van der Waals surface area contributed by atoms with Crippen LogP contribution in [0.3, 0.4) is 0 Å². The van der Waals surface area contributed by atoms with Crippen molar-refractivity contribution < 1.29 is 9.72 Å². The summed E-state index contributed by atoms with van der Waals surface area (Å²) < 4.78 is 0. The number of hydrogen-bond donors (Lipinski definition) is 1. The van der Waals surface area contributed by atoms with Crippen LogP contribution in [0.2, 0.25) is 0 Å². The van der Waals surface area contributed by atoms with E-state index in [1.54, 1.807) is 25.1 Å². The van der Waals surface area contributed by atoms with Gasteiger partial charge in [-0.05, 0) is 43.7 Å². The Kier molecular flexibility index (Phi) is 5.72. The summed E-state index contributed by atoms with van der Waals surface area (Å²) in [4.78, 5) is 28.1. The molecule has 0 fully saturated rings. The van der Waals surface area contributed by atoms with E-state index in [0.29, 0.717) is 28.0 Å². The van der Waals surface area contributed by atoms with E-state index in [1.807, 2.05) is 55.5 Å². The molecule has 0 spiro atoms. The standard InChI is InChI=1S/C25H20N4O3/c1-16-7-9-19(10-8-16)24-15-22(21-5-3-4-6-23(21)26-24)25(30)28-27-17(2)18-11-13-20(14-12-18)29(31)32/h3-15H,1-2H3,(H,28,30). The molecule has 0 atom stereocenters. The third-order valence-corrected chi connectivity index (χ3v) is 5.13. The number of non-ortho nitro benzene ring substituents is 1. The maximum Gasteiger partial charge on any atom is 0.272 e. The summed E-state index contributed by atoms with van der Waals surface area (Å²) in [6.07, 6.45) is 0. The summed E-state index contributed by atoms with van der Waals surface area (Å²) >= 11 is 0. The molecule has 0 aliphatic rings. The lowest BCUT2D eigenvalue weighted by atomic mass is 10.0. The second-order valence-corrected chi connectivity index (χ2v) is 7.38. The van der Waals surface area contributed by atoms with Crippen LogP contribution in [-0.2, 0) is 0 Å². The van der Waals surface area contributed by atoms with E-state index in [0.717, 1.165) is 16.5 Å². The Hall–Kier alpha value is -4.39. The van der Waals surface area contributed by atoms with Crippen LogP contribution in [0.25, 0.3) is 22.2 Å². The Bertz CT molecular complexity index is 1340. The molecule has 0 aliphatic carbocycles. The van der Waals surface area contributed by atoms with E-state index < -0.39 is 4.92 Å². The number of amides is 1. The highest BCUT2D eigenvalue weighted by Gasteiger charge is 2.14. The van der Waals surface area contributed by atoms with Crippen molar-refractivity contribution in [1.29, 1.82) is 0 Å². The molecule has 0 radical (unpaired) electrons. The van der Waals surface area contributed by atoms with Crippen molar-refractivity contribution in [2.45, 2.75) is 13.8 Å². The minimum absolute atomic E-state index is 0.00234. The van der Waals surface area contributed by atoms with Gasteiger partial charge in [0.15, 0.2) is 0 Å². The molecular formula is C25H20N4O3. The Morgan fingerprint density at radius 2 is 1.69 bits per heavy atom. The van der Waals surface area contributed by atoms with E-state index in [4.69, 9.17) is 4.98 Å². The number of carbonyl (C=O) groups excluding carboxylic acids is 1. The zero-order chi connectivity index (χ0) is 22.7. The smallest absolute Gasteiger partial charge is 0.267 e. The Labute approximate surface area is 184 Å². The van der Waals surface area contributed by atoms with Crippen molar-refractivity contribution in [2.24, 2.45) is 5.10 Å². The first-order chi connectivity index (χ1) is 15.4. The lowest BCUT2D eigenvalue weighted by Gasteiger charge is -2.10. The number of pyridine rings is 1. The summed E-state index contributed by atoms with van der Waals surface area (Å²) in [5.74, 6) is -0.363. The maximum absolute atomic E-state index is 13.0. The predicted octanol–water partition coefficient (Wildman–Crippen LogP) is 5.27. The van der Waals surface area contributed by atoms with E-state index in [-0.39, 0.29) is 11.6 Å². The fraction of sp³-hybridized carbons (Fsp3) is 0.0800. The quantitative estimate of drug-likeness (QED) is 0.268. The molecule has 7 heteroatoms. The predicted molar refractivity (Wildman–Crippen MR) is 125 cm³/mol. The zero-order valence-electron chi connectivity index (χ0n) is 17.6. The largest absolute Gasteiger partial charge is 0.272 e. The average Bonchev–Trinajstić information content (AvgIpc) is 2.82. The molecule has 1 amide bonds. The molecule has 1 heterocycles. The number of carbonyl (C=O) groups is 1. The van der Waals surface area contributed by atoms with Crippen molar-refractivity contribution in [2.75, 3.05) is 0 Å². The molecule has 32 heavy (non-hydrogen) atoms. The van der Waals surface area contributed by atoms with E-state index in [1.165, 1.54) is 12.1 Å². The number of nitro benzene ring substituents is 1. The summed E-state index contributed by atoms with van der Waals surface area (Å²) in [6.45, 7) is 3.74. The molecule has 0 saturated carbocycles. The third-order valence-electron chi connectivity index (χ3n) is 5.13. The van der Waals surface area contributed by atoms with Crippen LogP contribution in [0, 0.1) is 17.0 Å². The number of nitrogens with one attached hydrogen (secondary N) is 1. The number of para-hydroxylation sites is 1. The molecule has 0 unspecified atom stereocenters. The highest BCUT2D eigenvalue weighted by molar-refractivity contribution is 6.08. The van der Waals surface area contributed by atoms with Gasteiger partial charge in [-0.15, -0.1) is 0 Å². The van der Waals surface area contributed by atoms with Crippen LogP contribution in [-0.4, -0.2) is 21.5 Å². The molecule has 1 aromatic heterocycles. The molecule has 7 nitrogen and oxygen atoms in total. The highest BCUT2D eigenvalue weighted by atomic mass is 16.6. The van der Waals surface area contributed by atoms with Crippen molar-refractivity contribution in [3.8, 4) is 11.3 Å². The fourth-order valence-electron chi connectivity index (χ4n) is 3.32. The van der Waals surface area contributed by atoms with Crippen LogP contribution in [0.4, 0.5) is 5.69 Å². The molecule has 1 N–H and O–H groups in total. The fourth-order valence-corrected chi connectivity index (χ4v) is 3.32. The summed E-state index contributed by atoms with van der Waals surface area (Å²) in [6, 6.07) is 23.2. The number of hydrogen-bond acceptors (Lipinski definition) is 5. The number of aromatic nitrogens is 1. The number of nitrogens with zero attached hydrogens (tertiary/aromatic N) is 3. The van der Waals surface area contributed by atoms with Gasteiger partial charge < -0.3 is 0 Å². The van der Waals surface area contributed by atoms with Crippen molar-refractivity contribution >= 4 is 28.2 Å². The third kappa shape index (κ3) is 4.37.